The third-order valence-corrected chi connectivity index (χ3v) is 3.23. The molecule has 116 valence electrons. The third kappa shape index (κ3) is 3.85. The van der Waals surface area contributed by atoms with Gasteiger partial charge in [-0.05, 0) is 42.3 Å². The van der Waals surface area contributed by atoms with E-state index in [4.69, 9.17) is 32.7 Å². The fraction of sp³-hybridized carbons (Fsp3) is 0.0667. The second-order valence-corrected chi connectivity index (χ2v) is 5.09. The molecule has 0 unspecified atom stereocenters. The van der Waals surface area contributed by atoms with Crippen LogP contribution in [0.3, 0.4) is 0 Å². The molecule has 0 radical (unpaired) electrons. The summed E-state index contributed by atoms with van der Waals surface area (Å²) in [7, 11) is 0. The highest BCUT2D eigenvalue weighted by Crippen LogP contribution is 2.32. The lowest BCUT2D eigenvalue weighted by Gasteiger charge is -2.12. The summed E-state index contributed by atoms with van der Waals surface area (Å²) in [5.74, 6) is 1.85. The van der Waals surface area contributed by atoms with Crippen LogP contribution in [0.2, 0.25) is 10.6 Å². The molecule has 0 bridgehead atoms. The normalized spacial score (nSPS) is 10.4. The van der Waals surface area contributed by atoms with Gasteiger partial charge in [0, 0.05) is 30.1 Å². The predicted molar refractivity (Wildman–Crippen MR) is 85.4 cm³/mol. The van der Waals surface area contributed by atoms with Crippen molar-refractivity contribution in [2.75, 3.05) is 0 Å². The zero-order chi connectivity index (χ0) is 16.2. The molecule has 0 N–H and O–H groups in total. The lowest BCUT2D eigenvalue weighted by Crippen LogP contribution is -1.95. The van der Waals surface area contributed by atoms with Crippen LogP contribution in [0.1, 0.15) is 5.56 Å². The Labute approximate surface area is 142 Å². The van der Waals surface area contributed by atoms with Crippen LogP contribution in [-0.4, -0.2) is 19.9 Å². The SMILES string of the molecule is Cc1c(Oc2ccnc(Cl)n2)cccc1Oc1ccnc(Cl)n1. The molecule has 2 heterocycles. The molecule has 8 heteroatoms. The highest BCUT2D eigenvalue weighted by Gasteiger charge is 2.10. The minimum absolute atomic E-state index is 0.114. The molecule has 0 saturated heterocycles. The van der Waals surface area contributed by atoms with Crippen molar-refractivity contribution in [1.82, 2.24) is 19.9 Å². The monoisotopic (exact) mass is 348 g/mol. The average Bonchev–Trinajstić information content (AvgIpc) is 2.51. The molecule has 0 amide bonds. The number of rotatable bonds is 4. The third-order valence-electron chi connectivity index (χ3n) is 2.86. The van der Waals surface area contributed by atoms with Gasteiger partial charge >= 0.3 is 0 Å². The standard InChI is InChI=1S/C15H10Cl2N4O2/c1-9-10(22-12-5-7-18-14(16)20-12)3-2-4-11(9)23-13-6-8-19-15(17)21-13/h2-8H,1H3. The van der Waals surface area contributed by atoms with Gasteiger partial charge in [-0.3, -0.25) is 0 Å². The molecule has 3 rings (SSSR count). The van der Waals surface area contributed by atoms with E-state index in [1.165, 1.54) is 12.4 Å². The van der Waals surface area contributed by atoms with Gasteiger partial charge in [-0.25, -0.2) is 9.97 Å². The molecule has 1 aromatic carbocycles. The molecule has 0 aliphatic carbocycles. The van der Waals surface area contributed by atoms with Gasteiger partial charge in [-0.1, -0.05) is 6.07 Å². The zero-order valence-corrected chi connectivity index (χ0v) is 13.4. The fourth-order valence-corrected chi connectivity index (χ4v) is 2.07. The van der Waals surface area contributed by atoms with Crippen LogP contribution in [0.4, 0.5) is 0 Å². The van der Waals surface area contributed by atoms with Crippen LogP contribution in [0, 0.1) is 6.92 Å². The fourth-order valence-electron chi connectivity index (χ4n) is 1.79. The summed E-state index contributed by atoms with van der Waals surface area (Å²) in [6, 6.07) is 8.62. The van der Waals surface area contributed by atoms with Crippen molar-refractivity contribution in [3.63, 3.8) is 0 Å². The molecule has 0 saturated carbocycles. The summed E-state index contributed by atoms with van der Waals surface area (Å²) in [6.07, 6.45) is 3.03. The molecule has 23 heavy (non-hydrogen) atoms. The Bertz CT molecular complexity index is 779. The Balaban J connectivity index is 1.86. The first kappa shape index (κ1) is 15.5. The van der Waals surface area contributed by atoms with Gasteiger partial charge in [0.1, 0.15) is 11.5 Å². The van der Waals surface area contributed by atoms with Crippen molar-refractivity contribution in [2.24, 2.45) is 0 Å². The Morgan fingerprint density at radius 3 is 1.70 bits per heavy atom. The van der Waals surface area contributed by atoms with E-state index in [0.29, 0.717) is 23.3 Å². The lowest BCUT2D eigenvalue weighted by atomic mass is 10.2. The molecule has 2 aromatic heterocycles. The van der Waals surface area contributed by atoms with Crippen molar-refractivity contribution >= 4 is 23.2 Å². The van der Waals surface area contributed by atoms with Crippen LogP contribution in [0.5, 0.6) is 23.3 Å². The maximum atomic E-state index is 5.75. The average molecular weight is 349 g/mol. The van der Waals surface area contributed by atoms with Crippen LogP contribution in [0.15, 0.2) is 42.7 Å². The van der Waals surface area contributed by atoms with Crippen molar-refractivity contribution < 1.29 is 9.47 Å². The number of ether oxygens (including phenoxy) is 2. The van der Waals surface area contributed by atoms with Gasteiger partial charge in [0.15, 0.2) is 0 Å². The second-order valence-electron chi connectivity index (χ2n) is 4.41. The summed E-state index contributed by atoms with van der Waals surface area (Å²) < 4.78 is 11.4. The minimum atomic E-state index is 0.114. The van der Waals surface area contributed by atoms with Gasteiger partial charge < -0.3 is 9.47 Å². The number of hydrogen-bond acceptors (Lipinski definition) is 6. The number of benzene rings is 1. The molecule has 0 aliphatic heterocycles. The number of hydrogen-bond donors (Lipinski definition) is 0. The van der Waals surface area contributed by atoms with Crippen LogP contribution < -0.4 is 9.47 Å². The first-order valence-electron chi connectivity index (χ1n) is 6.54. The maximum absolute atomic E-state index is 5.75. The summed E-state index contributed by atoms with van der Waals surface area (Å²) >= 11 is 11.5. The molecule has 0 spiro atoms. The largest absolute Gasteiger partial charge is 0.438 e. The van der Waals surface area contributed by atoms with Crippen LogP contribution in [0.25, 0.3) is 0 Å². The maximum Gasteiger partial charge on any atom is 0.225 e. The lowest BCUT2D eigenvalue weighted by molar-refractivity contribution is 0.434. The second kappa shape index (κ2) is 6.76. The highest BCUT2D eigenvalue weighted by atomic mass is 35.5. The predicted octanol–water partition coefficient (Wildman–Crippen LogP) is 4.47. The molecular formula is C15H10Cl2N4O2. The van der Waals surface area contributed by atoms with Crippen LogP contribution in [-0.2, 0) is 0 Å². The van der Waals surface area contributed by atoms with E-state index in [2.05, 4.69) is 19.9 Å². The van der Waals surface area contributed by atoms with Crippen molar-refractivity contribution in [3.05, 3.63) is 58.9 Å². The Morgan fingerprint density at radius 2 is 1.26 bits per heavy atom. The quantitative estimate of drug-likeness (QED) is 0.648. The Kier molecular flexibility index (Phi) is 4.55. The molecular weight excluding hydrogens is 339 g/mol. The molecule has 3 aromatic rings. The topological polar surface area (TPSA) is 70.0 Å². The Morgan fingerprint density at radius 1 is 0.783 bits per heavy atom. The van der Waals surface area contributed by atoms with Gasteiger partial charge in [-0.2, -0.15) is 9.97 Å². The summed E-state index contributed by atoms with van der Waals surface area (Å²) in [5.41, 5.74) is 0.775. The van der Waals surface area contributed by atoms with Gasteiger partial charge in [-0.15, -0.1) is 0 Å². The first-order valence-corrected chi connectivity index (χ1v) is 7.30. The van der Waals surface area contributed by atoms with E-state index in [-0.39, 0.29) is 10.6 Å². The molecule has 6 nitrogen and oxygen atoms in total. The van der Waals surface area contributed by atoms with E-state index in [1.807, 2.05) is 6.92 Å². The molecule has 0 aliphatic rings. The van der Waals surface area contributed by atoms with E-state index >= 15 is 0 Å². The van der Waals surface area contributed by atoms with E-state index in [9.17, 15) is 0 Å². The summed E-state index contributed by atoms with van der Waals surface area (Å²) in [5, 5.41) is 0.228. The van der Waals surface area contributed by atoms with Gasteiger partial charge in [0.25, 0.3) is 0 Å². The van der Waals surface area contributed by atoms with E-state index < -0.39 is 0 Å². The van der Waals surface area contributed by atoms with Crippen molar-refractivity contribution in [1.29, 1.82) is 0 Å². The number of halogens is 2. The van der Waals surface area contributed by atoms with Gasteiger partial charge in [0.2, 0.25) is 22.3 Å². The van der Waals surface area contributed by atoms with Crippen molar-refractivity contribution in [2.45, 2.75) is 6.92 Å². The Hall–Kier alpha value is -2.44. The smallest absolute Gasteiger partial charge is 0.225 e. The molecule has 0 fully saturated rings. The zero-order valence-electron chi connectivity index (χ0n) is 11.9. The van der Waals surface area contributed by atoms with E-state index in [1.54, 1.807) is 30.3 Å². The molecule has 0 atom stereocenters. The number of nitrogens with zero attached hydrogens (tertiary/aromatic N) is 4. The number of aromatic nitrogens is 4. The van der Waals surface area contributed by atoms with Crippen molar-refractivity contribution in [3.8, 4) is 23.3 Å². The summed E-state index contributed by atoms with van der Waals surface area (Å²) in [4.78, 5) is 15.6. The van der Waals surface area contributed by atoms with Crippen LogP contribution >= 0.6 is 23.2 Å². The van der Waals surface area contributed by atoms with Gasteiger partial charge in [0.05, 0.1) is 0 Å². The van der Waals surface area contributed by atoms with E-state index in [0.717, 1.165) is 5.56 Å². The minimum Gasteiger partial charge on any atom is -0.438 e. The highest BCUT2D eigenvalue weighted by molar-refractivity contribution is 6.28. The summed E-state index contributed by atoms with van der Waals surface area (Å²) in [6.45, 7) is 1.86. The first-order chi connectivity index (χ1) is 11.1.